The number of hydrogen-bond donors (Lipinski definition) is 3. The van der Waals surface area contributed by atoms with Crippen LogP contribution in [-0.4, -0.2) is 21.9 Å². The zero-order valence-corrected chi connectivity index (χ0v) is 13.5. The van der Waals surface area contributed by atoms with Gasteiger partial charge in [-0.2, -0.15) is 0 Å². The molecule has 1 atom stereocenters. The molecule has 3 aromatic rings. The molecule has 0 aliphatic rings. The van der Waals surface area contributed by atoms with Gasteiger partial charge in [-0.3, -0.25) is 9.59 Å². The van der Waals surface area contributed by atoms with Gasteiger partial charge in [0, 0.05) is 18.0 Å². The Morgan fingerprint density at radius 2 is 1.96 bits per heavy atom. The van der Waals surface area contributed by atoms with Crippen molar-refractivity contribution < 1.29 is 9.18 Å². The molecule has 0 fully saturated rings. The van der Waals surface area contributed by atoms with Crippen LogP contribution >= 0.6 is 0 Å². The lowest BCUT2D eigenvalue weighted by Crippen LogP contribution is -2.38. The monoisotopic (exact) mass is 340 g/mol. The third kappa shape index (κ3) is 4.07. The first-order valence-corrected chi connectivity index (χ1v) is 7.80. The molecule has 25 heavy (non-hydrogen) atoms. The van der Waals surface area contributed by atoms with E-state index in [1.165, 1.54) is 18.2 Å². The summed E-state index contributed by atoms with van der Waals surface area (Å²) in [6.07, 6.45) is 0. The highest BCUT2D eigenvalue weighted by molar-refractivity contribution is 5.94. The number of carbonyl (C=O) groups is 1. The fraction of sp³-hybridized carbons (Fsp3) is 0.167. The molecule has 1 aromatic carbocycles. The van der Waals surface area contributed by atoms with Gasteiger partial charge in [0.05, 0.1) is 17.4 Å². The maximum Gasteiger partial charge on any atom is 0.249 e. The number of aromatic amines is 1. The number of anilines is 1. The molecule has 7 heteroatoms. The minimum atomic E-state index is -0.549. The molecule has 0 saturated carbocycles. The largest absolute Gasteiger partial charge is 0.322 e. The molecular formula is C18H17FN4O2. The summed E-state index contributed by atoms with van der Waals surface area (Å²) in [6.45, 7) is 2.01. The summed E-state index contributed by atoms with van der Waals surface area (Å²) < 4.78 is 13.6. The maximum absolute atomic E-state index is 13.6. The highest BCUT2D eigenvalue weighted by Crippen LogP contribution is 2.13. The number of fused-ring (bicyclic) bond motifs is 1. The van der Waals surface area contributed by atoms with E-state index in [4.69, 9.17) is 0 Å². The molecule has 3 rings (SSSR count). The van der Waals surface area contributed by atoms with Crippen molar-refractivity contribution in [1.29, 1.82) is 0 Å². The molecule has 0 radical (unpaired) electrons. The van der Waals surface area contributed by atoms with Gasteiger partial charge in [-0.1, -0.05) is 12.1 Å². The van der Waals surface area contributed by atoms with Gasteiger partial charge in [0.1, 0.15) is 11.5 Å². The van der Waals surface area contributed by atoms with Gasteiger partial charge in [-0.25, -0.2) is 9.37 Å². The zero-order chi connectivity index (χ0) is 17.8. The smallest absolute Gasteiger partial charge is 0.249 e. The fourth-order valence-corrected chi connectivity index (χ4v) is 2.32. The molecule has 0 spiro atoms. The van der Waals surface area contributed by atoms with Crippen LogP contribution < -0.4 is 16.2 Å². The second-order valence-electron chi connectivity index (χ2n) is 5.63. The van der Waals surface area contributed by atoms with Gasteiger partial charge in [-0.05, 0) is 37.3 Å². The van der Waals surface area contributed by atoms with E-state index in [2.05, 4.69) is 20.6 Å². The average Bonchev–Trinajstić information content (AvgIpc) is 2.61. The molecule has 6 nitrogen and oxygen atoms in total. The number of benzene rings is 1. The summed E-state index contributed by atoms with van der Waals surface area (Å²) in [5.41, 5.74) is 1.10. The molecule has 0 aliphatic carbocycles. The van der Waals surface area contributed by atoms with Gasteiger partial charge in [0.25, 0.3) is 0 Å². The van der Waals surface area contributed by atoms with Crippen molar-refractivity contribution in [2.24, 2.45) is 0 Å². The maximum atomic E-state index is 13.6. The molecule has 3 N–H and O–H groups in total. The van der Waals surface area contributed by atoms with Gasteiger partial charge >= 0.3 is 0 Å². The minimum Gasteiger partial charge on any atom is -0.322 e. The molecule has 0 bridgehead atoms. The Labute approximate surface area is 143 Å². The number of hydrogen-bond acceptors (Lipinski definition) is 4. The molecule has 1 amide bonds. The number of nitrogens with zero attached hydrogens (tertiary/aromatic N) is 1. The standard InChI is InChI=1S/C18H17FN4O2/c1-11(18(25)22-15-5-3-2-4-14(15)19)20-10-13-8-6-12-7-9-16(24)23-17(12)21-13/h2-9,11,20H,10H2,1H3,(H,22,25)(H,21,23,24). The molecule has 1 unspecified atom stereocenters. The first-order valence-electron chi connectivity index (χ1n) is 7.80. The molecule has 128 valence electrons. The van der Waals surface area contributed by atoms with Crippen LogP contribution in [0.5, 0.6) is 0 Å². The number of para-hydroxylation sites is 1. The van der Waals surface area contributed by atoms with Crippen molar-refractivity contribution in [3.05, 3.63) is 70.4 Å². The Balaban J connectivity index is 1.63. The summed E-state index contributed by atoms with van der Waals surface area (Å²) in [5.74, 6) is -0.831. The van der Waals surface area contributed by atoms with Crippen LogP contribution in [0.1, 0.15) is 12.6 Å². The van der Waals surface area contributed by atoms with E-state index in [1.807, 2.05) is 12.1 Å². The SMILES string of the molecule is CC(NCc1ccc2ccc(=O)[nH]c2n1)C(=O)Nc1ccccc1F. The number of carbonyl (C=O) groups excluding carboxylic acids is 1. The van der Waals surface area contributed by atoms with E-state index in [9.17, 15) is 14.0 Å². The van der Waals surface area contributed by atoms with Crippen molar-refractivity contribution in [3.63, 3.8) is 0 Å². The molecular weight excluding hydrogens is 323 g/mol. The van der Waals surface area contributed by atoms with E-state index < -0.39 is 11.9 Å². The van der Waals surface area contributed by atoms with Crippen LogP contribution in [0.15, 0.2) is 53.3 Å². The van der Waals surface area contributed by atoms with Crippen LogP contribution in [0, 0.1) is 5.82 Å². The van der Waals surface area contributed by atoms with Crippen molar-refractivity contribution in [1.82, 2.24) is 15.3 Å². The predicted molar refractivity (Wildman–Crippen MR) is 93.7 cm³/mol. The fourth-order valence-electron chi connectivity index (χ4n) is 2.32. The summed E-state index contributed by atoms with van der Waals surface area (Å²) in [6, 6.07) is 12.2. The van der Waals surface area contributed by atoms with Gasteiger partial charge in [0.2, 0.25) is 11.5 Å². The van der Waals surface area contributed by atoms with Gasteiger partial charge < -0.3 is 15.6 Å². The Bertz CT molecular complexity index is 970. The lowest BCUT2D eigenvalue weighted by atomic mass is 10.2. The normalized spacial score (nSPS) is 12.1. The number of rotatable bonds is 5. The summed E-state index contributed by atoms with van der Waals surface area (Å²) in [7, 11) is 0. The Morgan fingerprint density at radius 3 is 2.76 bits per heavy atom. The first kappa shape index (κ1) is 16.8. The molecule has 2 aromatic heterocycles. The van der Waals surface area contributed by atoms with Gasteiger partial charge in [-0.15, -0.1) is 0 Å². The van der Waals surface area contributed by atoms with E-state index in [-0.39, 0.29) is 17.2 Å². The van der Waals surface area contributed by atoms with Crippen LogP contribution in [0.25, 0.3) is 11.0 Å². The average molecular weight is 340 g/mol. The molecule has 2 heterocycles. The number of halogens is 1. The van der Waals surface area contributed by atoms with Gasteiger partial charge in [0.15, 0.2) is 0 Å². The van der Waals surface area contributed by atoms with Crippen LogP contribution in [0.4, 0.5) is 10.1 Å². The summed E-state index contributed by atoms with van der Waals surface area (Å²) in [4.78, 5) is 30.5. The summed E-state index contributed by atoms with van der Waals surface area (Å²) >= 11 is 0. The predicted octanol–water partition coefficient (Wildman–Crippen LogP) is 2.18. The lowest BCUT2D eigenvalue weighted by molar-refractivity contribution is -0.117. The molecule has 0 aliphatic heterocycles. The number of nitrogens with one attached hydrogen (secondary N) is 3. The number of H-pyrrole nitrogens is 1. The minimum absolute atomic E-state index is 0.141. The third-order valence-electron chi connectivity index (χ3n) is 3.75. The van der Waals surface area contributed by atoms with E-state index >= 15 is 0 Å². The Kier molecular flexibility index (Phi) is 4.85. The molecule has 0 saturated heterocycles. The number of aromatic nitrogens is 2. The van der Waals surface area contributed by atoms with E-state index in [0.717, 1.165) is 5.39 Å². The van der Waals surface area contributed by atoms with Crippen molar-refractivity contribution in [2.75, 3.05) is 5.32 Å². The van der Waals surface area contributed by atoms with E-state index in [1.54, 1.807) is 25.1 Å². The number of pyridine rings is 2. The zero-order valence-electron chi connectivity index (χ0n) is 13.5. The summed E-state index contributed by atoms with van der Waals surface area (Å²) in [5, 5.41) is 6.40. The second kappa shape index (κ2) is 7.23. The highest BCUT2D eigenvalue weighted by Gasteiger charge is 2.14. The second-order valence-corrected chi connectivity index (χ2v) is 5.63. The quantitative estimate of drug-likeness (QED) is 0.664. The first-order chi connectivity index (χ1) is 12.0. The van der Waals surface area contributed by atoms with Crippen molar-refractivity contribution in [3.8, 4) is 0 Å². The Hall–Kier alpha value is -3.06. The topological polar surface area (TPSA) is 86.9 Å². The van der Waals surface area contributed by atoms with Crippen molar-refractivity contribution >= 4 is 22.6 Å². The van der Waals surface area contributed by atoms with Crippen molar-refractivity contribution in [2.45, 2.75) is 19.5 Å². The Morgan fingerprint density at radius 1 is 1.20 bits per heavy atom. The number of amides is 1. The lowest BCUT2D eigenvalue weighted by Gasteiger charge is -2.14. The third-order valence-corrected chi connectivity index (χ3v) is 3.75. The van der Waals surface area contributed by atoms with Crippen LogP contribution in [0.2, 0.25) is 0 Å². The van der Waals surface area contributed by atoms with Crippen LogP contribution in [-0.2, 0) is 11.3 Å². The van der Waals surface area contributed by atoms with E-state index in [0.29, 0.717) is 17.9 Å². The van der Waals surface area contributed by atoms with Crippen LogP contribution in [0.3, 0.4) is 0 Å². The highest BCUT2D eigenvalue weighted by atomic mass is 19.1.